The molecule has 2 N–H and O–H groups in total. The molecule has 2 heterocycles. The molecule has 0 saturated heterocycles. The normalized spacial score (nSPS) is 16.7. The second-order valence-corrected chi connectivity index (χ2v) is 4.85. The van der Waals surface area contributed by atoms with Gasteiger partial charge in [0.1, 0.15) is 17.3 Å². The van der Waals surface area contributed by atoms with Gasteiger partial charge in [-0.1, -0.05) is 12.1 Å². The second kappa shape index (κ2) is 4.97. The van der Waals surface area contributed by atoms with Crippen molar-refractivity contribution in [2.75, 3.05) is 12.4 Å². The molecular formula is C15H15N3O3. The Labute approximate surface area is 121 Å². The van der Waals surface area contributed by atoms with Crippen molar-refractivity contribution >= 4 is 11.8 Å². The fraction of sp³-hybridized carbons (Fsp3) is 0.200. The zero-order valence-electron chi connectivity index (χ0n) is 11.7. The first-order valence-electron chi connectivity index (χ1n) is 6.50. The van der Waals surface area contributed by atoms with Gasteiger partial charge < -0.3 is 15.2 Å². The summed E-state index contributed by atoms with van der Waals surface area (Å²) >= 11 is 0. The van der Waals surface area contributed by atoms with Crippen LogP contribution in [0.3, 0.4) is 0 Å². The van der Waals surface area contributed by atoms with E-state index in [1.807, 2.05) is 37.3 Å². The number of nitrogens with zero attached hydrogens (tertiary/aromatic N) is 2. The summed E-state index contributed by atoms with van der Waals surface area (Å²) in [6, 6.07) is 9.07. The van der Waals surface area contributed by atoms with Gasteiger partial charge in [-0.3, -0.25) is 0 Å². The van der Waals surface area contributed by atoms with Crippen LogP contribution in [-0.4, -0.2) is 28.0 Å². The van der Waals surface area contributed by atoms with E-state index in [1.54, 1.807) is 17.9 Å². The van der Waals surface area contributed by atoms with E-state index in [2.05, 4.69) is 10.4 Å². The highest BCUT2D eigenvalue weighted by molar-refractivity contribution is 5.90. The van der Waals surface area contributed by atoms with Gasteiger partial charge in [-0.2, -0.15) is 5.10 Å². The average Bonchev–Trinajstić information content (AvgIpc) is 2.86. The van der Waals surface area contributed by atoms with Crippen LogP contribution >= 0.6 is 0 Å². The van der Waals surface area contributed by atoms with Gasteiger partial charge >= 0.3 is 5.97 Å². The van der Waals surface area contributed by atoms with Gasteiger partial charge in [0.05, 0.1) is 18.8 Å². The molecule has 1 unspecified atom stereocenters. The van der Waals surface area contributed by atoms with Crippen LogP contribution in [0.5, 0.6) is 5.75 Å². The number of rotatable bonds is 3. The van der Waals surface area contributed by atoms with Crippen LogP contribution in [0.15, 0.2) is 42.1 Å². The van der Waals surface area contributed by atoms with Gasteiger partial charge in [-0.15, -0.1) is 0 Å². The average molecular weight is 285 g/mol. The highest BCUT2D eigenvalue weighted by atomic mass is 16.5. The van der Waals surface area contributed by atoms with Crippen LogP contribution in [0.25, 0.3) is 0 Å². The van der Waals surface area contributed by atoms with Crippen molar-refractivity contribution in [3.63, 3.8) is 0 Å². The Morgan fingerprint density at radius 1 is 1.43 bits per heavy atom. The molecule has 0 amide bonds. The van der Waals surface area contributed by atoms with Crippen LogP contribution in [0.1, 0.15) is 17.3 Å². The number of hydrogen-bond donors (Lipinski definition) is 2. The zero-order valence-corrected chi connectivity index (χ0v) is 11.7. The summed E-state index contributed by atoms with van der Waals surface area (Å²) in [5.41, 5.74) is 1.89. The van der Waals surface area contributed by atoms with Gasteiger partial charge in [-0.05, 0) is 30.7 Å². The summed E-state index contributed by atoms with van der Waals surface area (Å²) in [6.45, 7) is 1.87. The smallest absolute Gasteiger partial charge is 0.352 e. The van der Waals surface area contributed by atoms with Crippen LogP contribution < -0.4 is 10.1 Å². The van der Waals surface area contributed by atoms with Crippen LogP contribution in [-0.2, 0) is 4.79 Å². The molecule has 0 spiro atoms. The van der Waals surface area contributed by atoms with Crippen molar-refractivity contribution in [3.8, 4) is 5.75 Å². The maximum Gasteiger partial charge on any atom is 0.352 e. The second-order valence-electron chi connectivity index (χ2n) is 4.85. The number of benzene rings is 1. The highest BCUT2D eigenvalue weighted by Gasteiger charge is 2.25. The lowest BCUT2D eigenvalue weighted by Gasteiger charge is -2.24. The van der Waals surface area contributed by atoms with Crippen LogP contribution in [0.2, 0.25) is 0 Å². The predicted octanol–water partition coefficient (Wildman–Crippen LogP) is 2.18. The summed E-state index contributed by atoms with van der Waals surface area (Å²) in [4.78, 5) is 11.3. The molecule has 6 nitrogen and oxygen atoms in total. The Bertz CT molecular complexity index is 734. The first-order valence-corrected chi connectivity index (χ1v) is 6.50. The van der Waals surface area contributed by atoms with Gasteiger partial charge in [0, 0.05) is 6.07 Å². The number of methoxy groups -OCH3 is 1. The van der Waals surface area contributed by atoms with Crippen molar-refractivity contribution in [3.05, 3.63) is 53.4 Å². The minimum absolute atomic E-state index is 0.148. The molecule has 1 aromatic carbocycles. The number of aryl methyl sites for hydroxylation is 1. The van der Waals surface area contributed by atoms with Crippen molar-refractivity contribution in [2.45, 2.75) is 13.0 Å². The Morgan fingerprint density at radius 3 is 2.95 bits per heavy atom. The maximum absolute atomic E-state index is 11.3. The van der Waals surface area contributed by atoms with Gasteiger partial charge in [0.25, 0.3) is 0 Å². The standard InChI is InChI=1S/C15H15N3O3/c1-9-6-14-16-12(15(19)20)8-13(18(14)17-9)10-4-3-5-11(7-10)21-2/h3-8,13,16H,1-2H3,(H,19,20). The molecular weight excluding hydrogens is 270 g/mol. The molecule has 1 aliphatic rings. The number of ether oxygens (including phenoxy) is 1. The molecule has 0 saturated carbocycles. The molecule has 0 bridgehead atoms. The quantitative estimate of drug-likeness (QED) is 0.904. The SMILES string of the molecule is COc1cccc(C2C=C(C(=O)O)Nc3cc(C)nn32)c1. The topological polar surface area (TPSA) is 76.4 Å². The number of anilines is 1. The molecule has 0 radical (unpaired) electrons. The number of fused-ring (bicyclic) bond motifs is 1. The first kappa shape index (κ1) is 13.2. The third-order valence-corrected chi connectivity index (χ3v) is 3.37. The monoisotopic (exact) mass is 285 g/mol. The molecule has 6 heteroatoms. The summed E-state index contributed by atoms with van der Waals surface area (Å²) in [5, 5.41) is 16.6. The summed E-state index contributed by atoms with van der Waals surface area (Å²) in [5.74, 6) is 0.398. The van der Waals surface area contributed by atoms with Gasteiger partial charge in [-0.25, -0.2) is 9.48 Å². The van der Waals surface area contributed by atoms with Gasteiger partial charge in [0.15, 0.2) is 0 Å². The first-order chi connectivity index (χ1) is 10.1. The highest BCUT2D eigenvalue weighted by Crippen LogP contribution is 2.31. The molecule has 108 valence electrons. The molecule has 0 fully saturated rings. The maximum atomic E-state index is 11.3. The molecule has 2 aromatic rings. The molecule has 1 atom stereocenters. The van der Waals surface area contributed by atoms with E-state index in [-0.39, 0.29) is 11.7 Å². The van der Waals surface area contributed by atoms with E-state index in [0.717, 1.165) is 17.0 Å². The summed E-state index contributed by atoms with van der Waals surface area (Å²) in [6.07, 6.45) is 1.65. The summed E-state index contributed by atoms with van der Waals surface area (Å²) < 4.78 is 7.01. The number of carboxylic acid groups (broad SMARTS) is 1. The number of aromatic nitrogens is 2. The summed E-state index contributed by atoms with van der Waals surface area (Å²) in [7, 11) is 1.60. The van der Waals surface area contributed by atoms with Crippen molar-refractivity contribution in [1.29, 1.82) is 0 Å². The molecule has 3 rings (SSSR count). The third kappa shape index (κ3) is 2.35. The Morgan fingerprint density at radius 2 is 2.24 bits per heavy atom. The lowest BCUT2D eigenvalue weighted by Crippen LogP contribution is -2.23. The minimum atomic E-state index is -0.993. The largest absolute Gasteiger partial charge is 0.497 e. The van der Waals surface area contributed by atoms with E-state index in [1.165, 1.54) is 0 Å². The third-order valence-electron chi connectivity index (χ3n) is 3.37. The zero-order chi connectivity index (χ0) is 15.0. The Hall–Kier alpha value is -2.76. The number of aliphatic carboxylic acids is 1. The predicted molar refractivity (Wildman–Crippen MR) is 77.4 cm³/mol. The molecule has 0 aliphatic carbocycles. The lowest BCUT2D eigenvalue weighted by molar-refractivity contribution is -0.132. The fourth-order valence-corrected chi connectivity index (χ4v) is 2.42. The Kier molecular flexibility index (Phi) is 3.13. The van der Waals surface area contributed by atoms with E-state index in [4.69, 9.17) is 4.74 Å². The number of allylic oxidation sites excluding steroid dienone is 1. The van der Waals surface area contributed by atoms with E-state index in [0.29, 0.717) is 5.82 Å². The van der Waals surface area contributed by atoms with Crippen LogP contribution in [0.4, 0.5) is 5.82 Å². The molecule has 1 aromatic heterocycles. The van der Waals surface area contributed by atoms with E-state index in [9.17, 15) is 9.90 Å². The van der Waals surface area contributed by atoms with Crippen molar-refractivity contribution in [2.24, 2.45) is 0 Å². The lowest BCUT2D eigenvalue weighted by atomic mass is 10.0. The van der Waals surface area contributed by atoms with Gasteiger partial charge in [0.2, 0.25) is 0 Å². The Balaban J connectivity index is 2.11. The molecule has 1 aliphatic heterocycles. The molecule has 21 heavy (non-hydrogen) atoms. The number of nitrogens with one attached hydrogen (secondary N) is 1. The number of carboxylic acids is 1. The minimum Gasteiger partial charge on any atom is -0.497 e. The van der Waals surface area contributed by atoms with Crippen molar-refractivity contribution in [1.82, 2.24) is 9.78 Å². The van der Waals surface area contributed by atoms with E-state index >= 15 is 0 Å². The van der Waals surface area contributed by atoms with Crippen LogP contribution in [0, 0.1) is 6.92 Å². The number of hydrogen-bond acceptors (Lipinski definition) is 4. The number of carbonyl (C=O) groups is 1. The fourth-order valence-electron chi connectivity index (χ4n) is 2.42. The van der Waals surface area contributed by atoms with E-state index < -0.39 is 5.97 Å². The van der Waals surface area contributed by atoms with Crippen molar-refractivity contribution < 1.29 is 14.6 Å².